The number of hydrogen-bond acceptors (Lipinski definition) is 3. The maximum absolute atomic E-state index is 4.76. The minimum atomic E-state index is 0.559. The van der Waals surface area contributed by atoms with Gasteiger partial charge in [0.1, 0.15) is 11.3 Å². The number of rotatable bonds is 6. The third-order valence-corrected chi connectivity index (χ3v) is 3.56. The maximum Gasteiger partial charge on any atom is 0.160 e. The number of aromatic nitrogens is 3. The second kappa shape index (κ2) is 5.29. The van der Waals surface area contributed by atoms with Crippen molar-refractivity contribution in [1.82, 2.24) is 19.9 Å². The molecule has 2 aromatic rings. The molecule has 19 heavy (non-hydrogen) atoms. The quantitative estimate of drug-likeness (QED) is 0.810. The second-order valence-electron chi connectivity index (χ2n) is 5.69. The van der Waals surface area contributed by atoms with Gasteiger partial charge in [-0.3, -0.25) is 0 Å². The van der Waals surface area contributed by atoms with E-state index in [1.807, 2.05) is 12.3 Å². The molecular weight excluding hydrogens is 236 g/mol. The molecule has 0 unspecified atom stereocenters. The number of fused-ring (bicyclic) bond motifs is 1. The summed E-state index contributed by atoms with van der Waals surface area (Å²) < 4.78 is 2.37. The molecule has 4 nitrogen and oxygen atoms in total. The van der Waals surface area contributed by atoms with E-state index >= 15 is 0 Å². The third-order valence-electron chi connectivity index (χ3n) is 3.56. The van der Waals surface area contributed by atoms with Gasteiger partial charge in [0.05, 0.1) is 0 Å². The van der Waals surface area contributed by atoms with Crippen molar-refractivity contribution in [1.29, 1.82) is 0 Å². The number of imidazole rings is 1. The highest BCUT2D eigenvalue weighted by Crippen LogP contribution is 2.38. The van der Waals surface area contributed by atoms with Crippen LogP contribution >= 0.6 is 0 Å². The summed E-state index contributed by atoms with van der Waals surface area (Å²) in [4.78, 5) is 9.27. The van der Waals surface area contributed by atoms with E-state index in [0.717, 1.165) is 30.6 Å². The van der Waals surface area contributed by atoms with Crippen LogP contribution < -0.4 is 5.32 Å². The molecule has 0 aliphatic heterocycles. The Morgan fingerprint density at radius 1 is 1.42 bits per heavy atom. The molecule has 0 bridgehead atoms. The van der Waals surface area contributed by atoms with Crippen LogP contribution in [0.4, 0.5) is 0 Å². The fourth-order valence-corrected chi connectivity index (χ4v) is 2.51. The summed E-state index contributed by atoms with van der Waals surface area (Å²) in [5.41, 5.74) is 2.11. The summed E-state index contributed by atoms with van der Waals surface area (Å²) in [7, 11) is 0. The van der Waals surface area contributed by atoms with Crippen LogP contribution in [0.2, 0.25) is 0 Å². The van der Waals surface area contributed by atoms with Crippen LogP contribution in [-0.4, -0.2) is 27.1 Å². The number of hydrogen-bond donors (Lipinski definition) is 1. The summed E-state index contributed by atoms with van der Waals surface area (Å²) in [6.45, 7) is 5.42. The van der Waals surface area contributed by atoms with E-state index in [9.17, 15) is 0 Å². The van der Waals surface area contributed by atoms with Crippen LogP contribution in [-0.2, 0) is 6.42 Å². The van der Waals surface area contributed by atoms with E-state index in [-0.39, 0.29) is 0 Å². The average Bonchev–Trinajstić information content (AvgIpc) is 3.15. The largest absolute Gasteiger partial charge is 0.315 e. The van der Waals surface area contributed by atoms with Crippen molar-refractivity contribution in [2.75, 3.05) is 6.54 Å². The minimum absolute atomic E-state index is 0.559. The molecule has 1 aliphatic rings. The minimum Gasteiger partial charge on any atom is -0.315 e. The van der Waals surface area contributed by atoms with Crippen LogP contribution in [0.15, 0.2) is 18.3 Å². The van der Waals surface area contributed by atoms with Crippen molar-refractivity contribution in [3.8, 4) is 0 Å². The molecule has 1 aliphatic carbocycles. The molecule has 2 heterocycles. The van der Waals surface area contributed by atoms with E-state index < -0.39 is 0 Å². The highest BCUT2D eigenvalue weighted by molar-refractivity contribution is 5.71. The van der Waals surface area contributed by atoms with Gasteiger partial charge in [-0.2, -0.15) is 0 Å². The fraction of sp³-hybridized carbons (Fsp3) is 0.600. The van der Waals surface area contributed by atoms with Crippen LogP contribution in [0.5, 0.6) is 0 Å². The second-order valence-corrected chi connectivity index (χ2v) is 5.69. The number of pyridine rings is 1. The van der Waals surface area contributed by atoms with Crippen molar-refractivity contribution >= 4 is 11.2 Å². The molecule has 4 heteroatoms. The Kier molecular flexibility index (Phi) is 3.51. The van der Waals surface area contributed by atoms with Crippen LogP contribution in [0, 0.1) is 0 Å². The Hall–Kier alpha value is -1.42. The van der Waals surface area contributed by atoms with Crippen LogP contribution in [0.25, 0.3) is 11.2 Å². The molecule has 0 radical (unpaired) electrons. The van der Waals surface area contributed by atoms with Gasteiger partial charge in [-0.05, 0) is 37.9 Å². The Morgan fingerprint density at radius 3 is 3.00 bits per heavy atom. The molecule has 3 rings (SSSR count). The van der Waals surface area contributed by atoms with Gasteiger partial charge < -0.3 is 9.88 Å². The lowest BCUT2D eigenvalue weighted by Gasteiger charge is -2.09. The first-order valence-corrected chi connectivity index (χ1v) is 7.31. The zero-order valence-corrected chi connectivity index (χ0v) is 11.8. The van der Waals surface area contributed by atoms with Crippen molar-refractivity contribution < 1.29 is 0 Å². The molecular formula is C15H22N4. The normalized spacial score (nSPS) is 15.5. The summed E-state index contributed by atoms with van der Waals surface area (Å²) in [6.07, 6.45) is 6.59. The summed E-state index contributed by atoms with van der Waals surface area (Å²) >= 11 is 0. The van der Waals surface area contributed by atoms with Crippen LogP contribution in [0.1, 0.15) is 45.0 Å². The molecule has 0 aromatic carbocycles. The van der Waals surface area contributed by atoms with Crippen molar-refractivity contribution in [3.63, 3.8) is 0 Å². The molecule has 1 fully saturated rings. The van der Waals surface area contributed by atoms with E-state index in [1.54, 1.807) is 0 Å². The first kappa shape index (κ1) is 12.6. The molecule has 0 saturated heterocycles. The predicted octanol–water partition coefficient (Wildman–Crippen LogP) is 2.70. The average molecular weight is 258 g/mol. The first-order chi connectivity index (χ1) is 9.25. The van der Waals surface area contributed by atoms with Crippen LogP contribution in [0.3, 0.4) is 0 Å². The predicted molar refractivity (Wildman–Crippen MR) is 77.3 cm³/mol. The lowest BCUT2D eigenvalue weighted by atomic mass is 10.2. The molecule has 0 atom stereocenters. The van der Waals surface area contributed by atoms with E-state index in [4.69, 9.17) is 4.98 Å². The monoisotopic (exact) mass is 258 g/mol. The molecule has 0 amide bonds. The zero-order chi connectivity index (χ0) is 13.2. The third kappa shape index (κ3) is 2.78. The first-order valence-electron chi connectivity index (χ1n) is 7.31. The topological polar surface area (TPSA) is 42.7 Å². The molecule has 1 N–H and O–H groups in total. The van der Waals surface area contributed by atoms with Gasteiger partial charge in [0.2, 0.25) is 0 Å². The SMILES string of the molecule is CC(C)NCCCc1nc2cccnc2n1C1CC1. The van der Waals surface area contributed by atoms with Gasteiger partial charge in [0.15, 0.2) is 5.65 Å². The van der Waals surface area contributed by atoms with Crippen molar-refractivity contribution in [2.45, 2.75) is 51.6 Å². The number of nitrogens with one attached hydrogen (secondary N) is 1. The molecule has 2 aromatic heterocycles. The highest BCUT2D eigenvalue weighted by Gasteiger charge is 2.28. The van der Waals surface area contributed by atoms with E-state index in [1.165, 1.54) is 18.7 Å². The number of nitrogens with zero attached hydrogens (tertiary/aromatic N) is 3. The Bertz CT molecular complexity index is 554. The van der Waals surface area contributed by atoms with E-state index in [2.05, 4.69) is 34.8 Å². The lowest BCUT2D eigenvalue weighted by molar-refractivity contribution is 0.558. The Balaban J connectivity index is 1.76. The van der Waals surface area contributed by atoms with Gasteiger partial charge in [-0.25, -0.2) is 9.97 Å². The van der Waals surface area contributed by atoms with Gasteiger partial charge >= 0.3 is 0 Å². The van der Waals surface area contributed by atoms with Gasteiger partial charge in [0, 0.05) is 24.7 Å². The smallest absolute Gasteiger partial charge is 0.160 e. The standard InChI is InChI=1S/C15H22N4/c1-11(2)16-9-4-6-14-18-13-5-3-10-17-15(13)19(14)12-7-8-12/h3,5,10-12,16H,4,6-9H2,1-2H3. The van der Waals surface area contributed by atoms with Gasteiger partial charge in [-0.1, -0.05) is 13.8 Å². The summed E-state index contributed by atoms with van der Waals surface area (Å²) in [5.74, 6) is 1.21. The van der Waals surface area contributed by atoms with Gasteiger partial charge in [-0.15, -0.1) is 0 Å². The molecule has 102 valence electrons. The summed E-state index contributed by atoms with van der Waals surface area (Å²) in [5, 5.41) is 3.46. The molecule has 1 saturated carbocycles. The lowest BCUT2D eigenvalue weighted by Crippen LogP contribution is -2.24. The Morgan fingerprint density at radius 2 is 2.26 bits per heavy atom. The summed E-state index contributed by atoms with van der Waals surface area (Å²) in [6, 6.07) is 5.24. The van der Waals surface area contributed by atoms with E-state index in [0.29, 0.717) is 12.1 Å². The van der Waals surface area contributed by atoms with Crippen molar-refractivity contribution in [2.24, 2.45) is 0 Å². The fourth-order valence-electron chi connectivity index (χ4n) is 2.51. The highest BCUT2D eigenvalue weighted by atomic mass is 15.2. The molecule has 0 spiro atoms. The van der Waals surface area contributed by atoms with Gasteiger partial charge in [0.25, 0.3) is 0 Å². The van der Waals surface area contributed by atoms with Crippen molar-refractivity contribution in [3.05, 3.63) is 24.2 Å². The number of aryl methyl sites for hydroxylation is 1. The maximum atomic E-state index is 4.76. The zero-order valence-electron chi connectivity index (χ0n) is 11.8. The Labute approximate surface area is 114 Å².